The van der Waals surface area contributed by atoms with Crippen LogP contribution < -0.4 is 10.0 Å². The van der Waals surface area contributed by atoms with Gasteiger partial charge in [0.2, 0.25) is 15.9 Å². The molecule has 0 bridgehead atoms. The first-order chi connectivity index (χ1) is 13.4. The van der Waals surface area contributed by atoms with Crippen LogP contribution in [0.1, 0.15) is 54.5 Å². The maximum atomic E-state index is 12.4. The number of nitrogens with zero attached hydrogens (tertiary/aromatic N) is 2. The van der Waals surface area contributed by atoms with Crippen molar-refractivity contribution in [3.05, 3.63) is 16.0 Å². The van der Waals surface area contributed by atoms with Gasteiger partial charge in [-0.2, -0.15) is 5.26 Å². The Hall–Kier alpha value is -1.18. The van der Waals surface area contributed by atoms with Crippen LogP contribution in [0, 0.1) is 11.3 Å². The lowest BCUT2D eigenvalue weighted by Crippen LogP contribution is -2.44. The number of amides is 1. The molecule has 1 aliphatic carbocycles. The highest BCUT2D eigenvalue weighted by molar-refractivity contribution is 7.88. The van der Waals surface area contributed by atoms with Crippen molar-refractivity contribution >= 4 is 44.7 Å². The molecule has 0 atom stereocenters. The lowest BCUT2D eigenvalue weighted by molar-refractivity contribution is -0.116. The first-order valence-corrected chi connectivity index (χ1v) is 12.6. The van der Waals surface area contributed by atoms with Crippen LogP contribution in [0.15, 0.2) is 0 Å². The zero-order valence-electron chi connectivity index (χ0n) is 16.7. The first kappa shape index (κ1) is 24.1. The van der Waals surface area contributed by atoms with Gasteiger partial charge in [0.1, 0.15) is 11.1 Å². The summed E-state index contributed by atoms with van der Waals surface area (Å²) in [5, 5.41) is 13.2. The normalized spacial score (nSPS) is 18.2. The molecule has 1 aromatic rings. The van der Waals surface area contributed by atoms with E-state index in [1.807, 2.05) is 0 Å². The summed E-state index contributed by atoms with van der Waals surface area (Å²) >= 11 is 1.56. The van der Waals surface area contributed by atoms with Gasteiger partial charge in [-0.05, 0) is 57.2 Å². The third-order valence-corrected chi connectivity index (χ3v) is 7.38. The number of fused-ring (bicyclic) bond motifs is 1. The molecule has 2 heterocycles. The summed E-state index contributed by atoms with van der Waals surface area (Å²) in [4.78, 5) is 15.9. The molecule has 3 rings (SSSR count). The summed E-state index contributed by atoms with van der Waals surface area (Å²) in [6.45, 7) is 2.19. The second kappa shape index (κ2) is 10.7. The molecule has 0 spiro atoms. The van der Waals surface area contributed by atoms with E-state index in [1.165, 1.54) is 17.6 Å². The molecule has 1 fully saturated rings. The Balaban J connectivity index is 0.00000300. The first-order valence-electron chi connectivity index (χ1n) is 9.90. The number of thiophene rings is 1. The fourth-order valence-electron chi connectivity index (χ4n) is 3.97. The average molecular weight is 461 g/mol. The van der Waals surface area contributed by atoms with Gasteiger partial charge in [-0.1, -0.05) is 6.42 Å². The van der Waals surface area contributed by atoms with Gasteiger partial charge >= 0.3 is 0 Å². The van der Waals surface area contributed by atoms with E-state index < -0.39 is 10.0 Å². The molecule has 0 unspecified atom stereocenters. The molecule has 2 aliphatic rings. The number of anilines is 1. The van der Waals surface area contributed by atoms with Crippen molar-refractivity contribution in [1.29, 1.82) is 5.26 Å². The number of nitrogens with one attached hydrogen (secondary N) is 2. The van der Waals surface area contributed by atoms with Gasteiger partial charge in [0.25, 0.3) is 0 Å². The van der Waals surface area contributed by atoms with Gasteiger partial charge < -0.3 is 10.2 Å². The van der Waals surface area contributed by atoms with Crippen LogP contribution >= 0.6 is 23.7 Å². The van der Waals surface area contributed by atoms with E-state index in [2.05, 4.69) is 21.0 Å². The van der Waals surface area contributed by atoms with Crippen LogP contribution in [0.25, 0.3) is 0 Å². The number of carbonyl (C=O) groups excluding carboxylic acids is 1. The smallest absolute Gasteiger partial charge is 0.226 e. The second-order valence-corrected chi connectivity index (χ2v) is 10.6. The third kappa shape index (κ3) is 6.93. The monoisotopic (exact) mass is 460 g/mol. The molecule has 29 heavy (non-hydrogen) atoms. The Morgan fingerprint density at radius 2 is 1.93 bits per heavy atom. The molecule has 1 aromatic heterocycles. The SMILES string of the molecule is CS(=O)(=O)NC1CCN(CCC(=O)Nc2sc3c(c2C#N)CCCCC3)CC1.Cl. The molecule has 1 amide bonds. The van der Waals surface area contributed by atoms with E-state index in [-0.39, 0.29) is 24.4 Å². The van der Waals surface area contributed by atoms with Gasteiger partial charge in [0.05, 0.1) is 11.8 Å². The van der Waals surface area contributed by atoms with E-state index in [1.54, 1.807) is 11.3 Å². The Bertz CT molecular complexity index is 856. The van der Waals surface area contributed by atoms with E-state index >= 15 is 0 Å². The summed E-state index contributed by atoms with van der Waals surface area (Å²) in [5.41, 5.74) is 1.80. The Labute approximate surface area is 183 Å². The van der Waals surface area contributed by atoms with Gasteiger partial charge in [-0.15, -0.1) is 23.7 Å². The van der Waals surface area contributed by atoms with Crippen molar-refractivity contribution in [3.63, 3.8) is 0 Å². The Morgan fingerprint density at radius 3 is 2.59 bits per heavy atom. The van der Waals surface area contributed by atoms with Crippen molar-refractivity contribution in [2.24, 2.45) is 0 Å². The minimum Gasteiger partial charge on any atom is -0.317 e. The predicted octanol–water partition coefficient (Wildman–Crippen LogP) is 2.65. The number of hydrogen-bond donors (Lipinski definition) is 2. The molecule has 1 saturated heterocycles. The number of rotatable bonds is 6. The summed E-state index contributed by atoms with van der Waals surface area (Å²) in [6.07, 6.45) is 8.45. The molecule has 0 radical (unpaired) electrons. The summed E-state index contributed by atoms with van der Waals surface area (Å²) in [7, 11) is -3.17. The molecule has 10 heteroatoms. The van der Waals surface area contributed by atoms with Crippen LogP contribution in [-0.4, -0.2) is 51.2 Å². The van der Waals surface area contributed by atoms with E-state index in [9.17, 15) is 18.5 Å². The van der Waals surface area contributed by atoms with Crippen molar-refractivity contribution in [1.82, 2.24) is 9.62 Å². The zero-order valence-corrected chi connectivity index (χ0v) is 19.1. The van der Waals surface area contributed by atoms with Gasteiger partial charge in [0.15, 0.2) is 0 Å². The molecule has 0 saturated carbocycles. The van der Waals surface area contributed by atoms with Gasteiger partial charge in [0, 0.05) is 23.9 Å². The molecule has 1 aliphatic heterocycles. The van der Waals surface area contributed by atoms with E-state index in [4.69, 9.17) is 0 Å². The minimum absolute atomic E-state index is 0. The topological polar surface area (TPSA) is 102 Å². The maximum Gasteiger partial charge on any atom is 0.226 e. The van der Waals surface area contributed by atoms with Crippen molar-refractivity contribution < 1.29 is 13.2 Å². The molecule has 0 aromatic carbocycles. The summed E-state index contributed by atoms with van der Waals surface area (Å²) in [5.74, 6) is -0.0655. The highest BCUT2D eigenvalue weighted by Gasteiger charge is 2.23. The van der Waals surface area contributed by atoms with Crippen molar-refractivity contribution in [2.75, 3.05) is 31.2 Å². The minimum atomic E-state index is -3.17. The van der Waals surface area contributed by atoms with Crippen molar-refractivity contribution in [3.8, 4) is 6.07 Å². The van der Waals surface area contributed by atoms with Crippen molar-refractivity contribution in [2.45, 2.75) is 57.4 Å². The van der Waals surface area contributed by atoms with Crippen LogP contribution in [0.5, 0.6) is 0 Å². The van der Waals surface area contributed by atoms with Crippen LogP contribution in [0.3, 0.4) is 0 Å². The van der Waals surface area contributed by atoms with Crippen LogP contribution in [0.2, 0.25) is 0 Å². The maximum absolute atomic E-state index is 12.4. The Morgan fingerprint density at radius 1 is 1.24 bits per heavy atom. The highest BCUT2D eigenvalue weighted by atomic mass is 35.5. The molecule has 2 N–H and O–H groups in total. The lowest BCUT2D eigenvalue weighted by Gasteiger charge is -2.31. The molecular weight excluding hydrogens is 432 g/mol. The number of aryl methyl sites for hydroxylation is 1. The molecule has 162 valence electrons. The number of likely N-dealkylation sites (tertiary alicyclic amines) is 1. The number of piperidine rings is 1. The van der Waals surface area contributed by atoms with E-state index in [0.29, 0.717) is 23.5 Å². The number of sulfonamides is 1. The lowest BCUT2D eigenvalue weighted by atomic mass is 10.1. The number of nitriles is 1. The third-order valence-electron chi connectivity index (χ3n) is 5.41. The van der Waals surface area contributed by atoms with Crippen LogP contribution in [-0.2, 0) is 27.7 Å². The van der Waals surface area contributed by atoms with Gasteiger partial charge in [-0.3, -0.25) is 4.79 Å². The highest BCUT2D eigenvalue weighted by Crippen LogP contribution is 2.37. The van der Waals surface area contributed by atoms with E-state index in [0.717, 1.165) is 57.2 Å². The zero-order chi connectivity index (χ0) is 20.1. The Kier molecular flexibility index (Phi) is 8.91. The van der Waals surface area contributed by atoms with Crippen LogP contribution in [0.4, 0.5) is 5.00 Å². The quantitative estimate of drug-likeness (QED) is 0.635. The predicted molar refractivity (Wildman–Crippen MR) is 118 cm³/mol. The largest absolute Gasteiger partial charge is 0.317 e. The summed E-state index contributed by atoms with van der Waals surface area (Å²) in [6, 6.07) is 2.28. The molecular formula is C19H29ClN4O3S2. The summed E-state index contributed by atoms with van der Waals surface area (Å²) < 4.78 is 25.3. The number of hydrogen-bond acceptors (Lipinski definition) is 6. The second-order valence-electron chi connectivity index (χ2n) is 7.68. The average Bonchev–Trinajstić information content (AvgIpc) is 2.79. The standard InChI is InChI=1S/C19H28N4O3S2.ClH/c1-28(25,26)22-14-7-10-23(11-8-14)12-9-18(24)21-19-16(13-20)15-5-3-2-4-6-17(15)27-19;/h14,22H,2-12H2,1H3,(H,21,24);1H. The number of halogens is 1. The fraction of sp³-hybridized carbons (Fsp3) is 0.684. The molecule has 7 nitrogen and oxygen atoms in total. The number of carbonyl (C=O) groups is 1. The fourth-order valence-corrected chi connectivity index (χ4v) is 6.07. The van der Waals surface area contributed by atoms with Gasteiger partial charge in [-0.25, -0.2) is 13.1 Å².